The Balaban J connectivity index is 2.54. The first-order chi connectivity index (χ1) is 11.3. The van der Waals surface area contributed by atoms with Gasteiger partial charge in [-0.25, -0.2) is 0 Å². The molecule has 1 aromatic rings. The number of benzene rings is 1. The second kappa shape index (κ2) is 12.1. The molecule has 1 aromatic carbocycles. The largest absolute Gasteiger partial charge is 0.394 e. The number of hydrogen-bond acceptors (Lipinski definition) is 3. The molecule has 0 aliphatic carbocycles. The molecule has 0 saturated heterocycles. The molecule has 23 heavy (non-hydrogen) atoms. The van der Waals surface area contributed by atoms with Crippen LogP contribution in [0.25, 0.3) is 10.4 Å². The molecule has 0 atom stereocenters. The van der Waals surface area contributed by atoms with Crippen molar-refractivity contribution in [1.29, 1.82) is 0 Å². The predicted molar refractivity (Wildman–Crippen MR) is 96.4 cm³/mol. The highest BCUT2D eigenvalue weighted by atomic mass is 28.4. The van der Waals surface area contributed by atoms with Crippen LogP contribution in [0.5, 0.6) is 0 Å². The summed E-state index contributed by atoms with van der Waals surface area (Å²) in [6.45, 7) is 6.10. The second-order valence-corrected chi connectivity index (χ2v) is 8.81. The van der Waals surface area contributed by atoms with Crippen molar-refractivity contribution in [3.8, 4) is 0 Å². The lowest BCUT2D eigenvalue weighted by Gasteiger charge is -2.30. The number of nitrogens with zero attached hydrogens (tertiary/aromatic N) is 3. The number of unbranched alkanes of at least 4 members (excludes halogenated alkanes) is 3. The van der Waals surface area contributed by atoms with Crippen LogP contribution in [0.3, 0.4) is 0 Å². The minimum absolute atomic E-state index is 0.597. The van der Waals surface area contributed by atoms with Crippen LogP contribution in [-0.2, 0) is 14.9 Å². The average molecular weight is 336 g/mol. The summed E-state index contributed by atoms with van der Waals surface area (Å²) in [6, 6.07) is 12.4. The summed E-state index contributed by atoms with van der Waals surface area (Å²) < 4.78 is 12.3. The molecule has 6 heteroatoms. The molecule has 128 valence electrons. The zero-order valence-corrected chi connectivity index (χ0v) is 15.4. The van der Waals surface area contributed by atoms with E-state index in [1.54, 1.807) is 0 Å². The van der Waals surface area contributed by atoms with Crippen molar-refractivity contribution in [2.24, 2.45) is 5.11 Å². The first-order valence-electron chi connectivity index (χ1n) is 8.59. The molecular weight excluding hydrogens is 306 g/mol. The number of rotatable bonds is 13. The van der Waals surface area contributed by atoms with Gasteiger partial charge in [0.2, 0.25) is 0 Å². The van der Waals surface area contributed by atoms with Crippen molar-refractivity contribution >= 4 is 8.56 Å². The van der Waals surface area contributed by atoms with Crippen LogP contribution in [0.15, 0.2) is 35.4 Å². The Morgan fingerprint density at radius 3 is 2.26 bits per heavy atom. The third-order valence-electron chi connectivity index (χ3n) is 3.76. The van der Waals surface area contributed by atoms with E-state index in [0.29, 0.717) is 19.8 Å². The van der Waals surface area contributed by atoms with Crippen LogP contribution < -0.4 is 0 Å². The van der Waals surface area contributed by atoms with Crippen molar-refractivity contribution < 1.29 is 8.85 Å². The predicted octanol–water partition coefficient (Wildman–Crippen LogP) is 5.15. The average Bonchev–Trinajstić information content (AvgIpc) is 2.55. The van der Waals surface area contributed by atoms with Crippen LogP contribution in [-0.4, -0.2) is 28.3 Å². The van der Waals surface area contributed by atoms with Gasteiger partial charge < -0.3 is 8.85 Å². The van der Waals surface area contributed by atoms with Crippen molar-refractivity contribution in [1.82, 2.24) is 0 Å². The maximum atomic E-state index is 8.26. The van der Waals surface area contributed by atoms with Gasteiger partial charge in [-0.1, -0.05) is 54.7 Å². The van der Waals surface area contributed by atoms with Crippen LogP contribution in [0.2, 0.25) is 6.04 Å². The molecule has 5 nitrogen and oxygen atoms in total. The van der Waals surface area contributed by atoms with Gasteiger partial charge in [0.25, 0.3) is 0 Å². The number of azide groups is 1. The van der Waals surface area contributed by atoms with Crippen LogP contribution >= 0.6 is 0 Å². The highest BCUT2D eigenvalue weighted by molar-refractivity contribution is 6.66. The SMILES string of the molecule is CCO[Si](CCCCCCN=[N+]=[N-])(Cc1ccccc1)OCC. The Morgan fingerprint density at radius 1 is 1.00 bits per heavy atom. The molecule has 1 rings (SSSR count). The summed E-state index contributed by atoms with van der Waals surface area (Å²) in [5, 5.41) is 3.57. The monoisotopic (exact) mass is 335 g/mol. The topological polar surface area (TPSA) is 67.2 Å². The smallest absolute Gasteiger partial charge is 0.342 e. The standard InChI is InChI=1S/C17H29N3O2Si/c1-3-21-23(22-4-2,16-17-12-8-7-9-13-17)15-11-6-5-10-14-19-20-18/h7-9,12-13H,3-6,10-11,14-16H2,1-2H3. The third kappa shape index (κ3) is 8.18. The fraction of sp³-hybridized carbons (Fsp3) is 0.647. The zero-order chi connectivity index (χ0) is 16.8. The summed E-state index contributed by atoms with van der Waals surface area (Å²) in [4.78, 5) is 2.78. The molecule has 0 aliphatic rings. The maximum Gasteiger partial charge on any atom is 0.342 e. The van der Waals surface area contributed by atoms with Gasteiger partial charge >= 0.3 is 8.56 Å². The maximum absolute atomic E-state index is 8.26. The fourth-order valence-electron chi connectivity index (χ4n) is 2.78. The van der Waals surface area contributed by atoms with Gasteiger partial charge in [0.05, 0.1) is 0 Å². The Morgan fingerprint density at radius 2 is 1.65 bits per heavy atom. The van der Waals surface area contributed by atoms with E-state index < -0.39 is 8.56 Å². The lowest BCUT2D eigenvalue weighted by Crippen LogP contribution is -2.45. The first kappa shape index (κ1) is 19.7. The second-order valence-electron chi connectivity index (χ2n) is 5.56. The molecule has 0 N–H and O–H groups in total. The Labute approximate surface area is 140 Å². The van der Waals surface area contributed by atoms with Crippen molar-refractivity contribution in [2.45, 2.75) is 51.6 Å². The summed E-state index contributed by atoms with van der Waals surface area (Å²) in [7, 11) is -2.19. The molecule has 0 radical (unpaired) electrons. The minimum Gasteiger partial charge on any atom is -0.394 e. The first-order valence-corrected chi connectivity index (χ1v) is 10.8. The lowest BCUT2D eigenvalue weighted by atomic mass is 10.2. The highest BCUT2D eigenvalue weighted by Crippen LogP contribution is 2.23. The molecule has 0 unspecified atom stereocenters. The molecule has 0 aromatic heterocycles. The Bertz CT molecular complexity index is 458. The normalized spacial score (nSPS) is 11.2. The van der Waals surface area contributed by atoms with E-state index >= 15 is 0 Å². The summed E-state index contributed by atoms with van der Waals surface area (Å²) in [5.41, 5.74) is 9.56. The van der Waals surface area contributed by atoms with E-state index in [2.05, 4.69) is 34.3 Å². The quantitative estimate of drug-likeness (QED) is 0.164. The molecule has 0 fully saturated rings. The van der Waals surface area contributed by atoms with E-state index in [-0.39, 0.29) is 0 Å². The molecule has 0 aliphatic heterocycles. The van der Waals surface area contributed by atoms with Crippen molar-refractivity contribution in [3.63, 3.8) is 0 Å². The van der Waals surface area contributed by atoms with E-state index in [1.807, 2.05) is 19.9 Å². The minimum atomic E-state index is -2.19. The molecule has 0 saturated carbocycles. The lowest BCUT2D eigenvalue weighted by molar-refractivity contribution is 0.180. The van der Waals surface area contributed by atoms with Crippen molar-refractivity contribution in [3.05, 3.63) is 46.3 Å². The van der Waals surface area contributed by atoms with Crippen molar-refractivity contribution in [2.75, 3.05) is 19.8 Å². The van der Waals surface area contributed by atoms with Gasteiger partial charge in [-0.2, -0.15) is 0 Å². The van der Waals surface area contributed by atoms with Crippen LogP contribution in [0.4, 0.5) is 0 Å². The van der Waals surface area contributed by atoms with Crippen LogP contribution in [0.1, 0.15) is 45.1 Å². The van der Waals surface area contributed by atoms with Gasteiger partial charge in [-0.15, -0.1) is 0 Å². The van der Waals surface area contributed by atoms with E-state index in [4.69, 9.17) is 14.4 Å². The summed E-state index contributed by atoms with van der Waals surface area (Å²) in [5.74, 6) is 0. The molecule has 0 bridgehead atoms. The molecular formula is C17H29N3O2Si. The summed E-state index contributed by atoms with van der Waals surface area (Å²) >= 11 is 0. The van der Waals surface area contributed by atoms with E-state index in [9.17, 15) is 0 Å². The van der Waals surface area contributed by atoms with E-state index in [1.165, 1.54) is 5.56 Å². The van der Waals surface area contributed by atoms with Gasteiger partial charge in [0, 0.05) is 30.7 Å². The third-order valence-corrected chi connectivity index (χ3v) is 7.45. The summed E-state index contributed by atoms with van der Waals surface area (Å²) in [6.07, 6.45) is 4.29. The van der Waals surface area contributed by atoms with Gasteiger partial charge in [-0.05, 0) is 37.4 Å². The fourth-order valence-corrected chi connectivity index (χ4v) is 6.24. The Kier molecular flexibility index (Phi) is 10.4. The molecule has 0 heterocycles. The van der Waals surface area contributed by atoms with Gasteiger partial charge in [0.15, 0.2) is 0 Å². The Hall–Kier alpha value is -1.33. The highest BCUT2D eigenvalue weighted by Gasteiger charge is 2.36. The number of hydrogen-bond donors (Lipinski definition) is 0. The van der Waals surface area contributed by atoms with Crippen LogP contribution in [0, 0.1) is 0 Å². The van der Waals surface area contributed by atoms with Gasteiger partial charge in [-0.3, -0.25) is 0 Å². The van der Waals surface area contributed by atoms with Gasteiger partial charge in [0.1, 0.15) is 0 Å². The van der Waals surface area contributed by atoms with E-state index in [0.717, 1.165) is 37.8 Å². The molecule has 0 spiro atoms. The zero-order valence-electron chi connectivity index (χ0n) is 14.4. The molecule has 0 amide bonds.